The molecule has 716 valence electrons. The van der Waals surface area contributed by atoms with E-state index in [1.54, 1.807) is 13.8 Å². The number of aliphatic hydroxyl groups is 2. The molecule has 124 heavy (non-hydrogen) atoms. The summed E-state index contributed by atoms with van der Waals surface area (Å²) in [5.74, 6) is 1.48. The minimum absolute atomic E-state index is 0.0595. The van der Waals surface area contributed by atoms with Crippen molar-refractivity contribution in [3.63, 3.8) is 0 Å². The summed E-state index contributed by atoms with van der Waals surface area (Å²) in [4.78, 5) is 126. The molecule has 0 aliphatic heterocycles. The summed E-state index contributed by atoms with van der Waals surface area (Å²) in [6.45, 7) is 71.1. The van der Waals surface area contributed by atoms with E-state index >= 15 is 0 Å². The third-order valence-corrected chi connectivity index (χ3v) is 20.4. The Morgan fingerprint density at radius 2 is 0.484 bits per heavy atom. The van der Waals surface area contributed by atoms with E-state index in [0.29, 0.717) is 113 Å². The third kappa shape index (κ3) is 60.9. The first-order chi connectivity index (χ1) is 57.4. The summed E-state index contributed by atoms with van der Waals surface area (Å²) in [7, 11) is 0. The molecule has 0 saturated carbocycles. The molecule has 0 aliphatic carbocycles. The van der Waals surface area contributed by atoms with Crippen LogP contribution in [0, 0.1) is 71.0 Å². The van der Waals surface area contributed by atoms with Crippen LogP contribution in [0.2, 0.25) is 0 Å². The Morgan fingerprint density at radius 1 is 0.290 bits per heavy atom. The topological polar surface area (TPSA) is 462 Å². The summed E-state index contributed by atoms with van der Waals surface area (Å²) >= 11 is 0. The molecular weight excluding hydrogens is 1570 g/mol. The van der Waals surface area contributed by atoms with Gasteiger partial charge in [0.15, 0.2) is 28.9 Å². The molecule has 0 bridgehead atoms. The normalized spacial score (nSPS) is 14.3. The van der Waals surface area contributed by atoms with Gasteiger partial charge >= 0.3 is 0 Å². The maximum absolute atomic E-state index is 13.1. The Hall–Kier alpha value is -7.66. The lowest BCUT2D eigenvalue weighted by Crippen LogP contribution is -2.48. The molecule has 27 heteroatoms. The van der Waals surface area contributed by atoms with Gasteiger partial charge in [0.1, 0.15) is 28.9 Å². The molecule has 0 saturated heterocycles. The number of Topliss-reactive ketones (excluding diaryl/α,β-unsaturated/α-hetero) is 10. The van der Waals surface area contributed by atoms with Crippen LogP contribution in [0.5, 0.6) is 0 Å². The van der Waals surface area contributed by atoms with E-state index in [1.807, 2.05) is 197 Å². The molecule has 0 radical (unpaired) electrons. The van der Waals surface area contributed by atoms with Crippen LogP contribution in [0.25, 0.3) is 0 Å². The molecule has 1 rings (SSSR count). The largest absolute Gasteiger partial charge is 0.391 e. The monoisotopic (exact) mass is 1750 g/mol. The van der Waals surface area contributed by atoms with Crippen LogP contribution in [0.1, 0.15) is 282 Å². The second kappa shape index (κ2) is 68.5. The fourth-order valence-electron chi connectivity index (χ4n) is 14.2. The average molecular weight is 1750 g/mol. The number of hydrogen-bond donors (Lipinski definition) is 17. The van der Waals surface area contributed by atoms with Crippen molar-refractivity contribution in [2.75, 3.05) is 32.7 Å². The molecule has 0 aliphatic rings. The second-order valence-electron chi connectivity index (χ2n) is 37.3. The van der Waals surface area contributed by atoms with Gasteiger partial charge in [0.05, 0.1) is 71.5 Å². The first-order valence-electron chi connectivity index (χ1n) is 45.9. The highest BCUT2D eigenvalue weighted by Gasteiger charge is 2.35. The smallest absolute Gasteiger partial charge is 0.153 e. The SMILES string of the molecule is C=C(N)NCCC[C@H](CC(=O)[C@@H](NC(C)C)C(C)C)C(=O)C(C)C.C=C(N)NCCC[C@H](CC(=O)[C@@H](NC(C)C)C(C)C)C(=O)C(C)C.C=C(N)NCCC[C@H](CC(=O)[C@@H](NC(C)C)C(C)O)C(=O)C(C)C.C=C(N)NCCC[C@H](CC(=O)[C@@H](NC(C)C)C(C)O)C(=O)C(C)C.C=C(N)NCCC[C@H](CC(=O)[C@H](Cc1ccccc1)NC(C)C)C(=O)C(C)C. The van der Waals surface area contributed by atoms with E-state index < -0.39 is 24.3 Å². The number of carbonyl (C=O) groups is 10. The molecule has 0 spiro atoms. The predicted molar refractivity (Wildman–Crippen MR) is 511 cm³/mol. The summed E-state index contributed by atoms with van der Waals surface area (Å²) in [6, 6.07) is 8.84. The average Bonchev–Trinajstić information content (AvgIpc) is 0.890. The Morgan fingerprint density at radius 3 is 0.661 bits per heavy atom. The third-order valence-electron chi connectivity index (χ3n) is 20.4. The summed E-state index contributed by atoms with van der Waals surface area (Å²) in [5.41, 5.74) is 28.5. The highest BCUT2D eigenvalue weighted by Crippen LogP contribution is 2.26. The van der Waals surface area contributed by atoms with Crippen molar-refractivity contribution in [1.29, 1.82) is 0 Å². The zero-order chi connectivity index (χ0) is 96.5. The lowest BCUT2D eigenvalue weighted by Gasteiger charge is -2.26. The number of rotatable bonds is 66. The lowest BCUT2D eigenvalue weighted by atomic mass is 9.84. The molecule has 2 unspecified atom stereocenters. The van der Waals surface area contributed by atoms with E-state index in [4.69, 9.17) is 28.7 Å². The first-order valence-corrected chi connectivity index (χ1v) is 45.9. The summed E-state index contributed by atoms with van der Waals surface area (Å²) in [5, 5.41) is 50.7. The molecule has 0 amide bonds. The van der Waals surface area contributed by atoms with Gasteiger partial charge in [0.25, 0.3) is 0 Å². The highest BCUT2D eigenvalue weighted by atomic mass is 16.3. The molecule has 27 nitrogen and oxygen atoms in total. The van der Waals surface area contributed by atoms with Crippen molar-refractivity contribution in [2.45, 2.75) is 355 Å². The Labute approximate surface area is 751 Å². The Kier molecular flexibility index (Phi) is 67.8. The molecule has 0 fully saturated rings. The van der Waals surface area contributed by atoms with Gasteiger partial charge in [-0.3, -0.25) is 47.9 Å². The minimum atomic E-state index is -0.795. The van der Waals surface area contributed by atoms with Gasteiger partial charge in [-0.15, -0.1) is 0 Å². The Balaban J connectivity index is -0.000000727. The summed E-state index contributed by atoms with van der Waals surface area (Å²) in [6.07, 6.45) is 7.30. The van der Waals surface area contributed by atoms with E-state index in [1.165, 1.54) is 0 Å². The number of nitrogens with one attached hydrogen (secondary N) is 10. The Bertz CT molecular complexity index is 2960. The van der Waals surface area contributed by atoms with Gasteiger partial charge in [-0.05, 0) is 102 Å². The van der Waals surface area contributed by atoms with Crippen molar-refractivity contribution >= 4 is 57.8 Å². The van der Waals surface area contributed by atoms with Gasteiger partial charge < -0.3 is 92.0 Å². The van der Waals surface area contributed by atoms with Crippen LogP contribution < -0.4 is 81.8 Å². The van der Waals surface area contributed by atoms with Crippen LogP contribution in [0.4, 0.5) is 0 Å². The summed E-state index contributed by atoms with van der Waals surface area (Å²) < 4.78 is 0. The van der Waals surface area contributed by atoms with Crippen LogP contribution in [-0.4, -0.2) is 173 Å². The number of aliphatic hydroxyl groups excluding tert-OH is 2. The standard InChI is InChI=1S/C23H37N3O2.2C19H37N3O2.2C18H35N3O3/c1-16(2)23(28)20(12-9-13-25-18(5)24)15-22(27)21(26-17(3)4)14-19-10-7-6-8-11-19;2*1-12(2)18(22-14(5)6)17(23)11-16(19(24)13(3)4)9-8-10-21-15(7)20;2*1-11(2)18(24)15(8-7-9-20-14(6)19)10-16(23)17(13(5)22)21-12(3)4/h6-8,10-11,16-17,20-21,25-26H,5,9,12-15,24H2,1-4H3;2*12-14,16,18,21-22H,7-11,20H2,1-6H3;2*11-13,15,17,20-22H,6-10,19H2,1-5H3/t20-,21+;2*16-,18+;2*13?,15-,17+/m11111/s1. The highest BCUT2D eigenvalue weighted by molar-refractivity contribution is 5.94. The van der Waals surface area contributed by atoms with Crippen molar-refractivity contribution in [3.05, 3.63) is 97.9 Å². The molecule has 22 N–H and O–H groups in total. The molecular formula is C97H181N15O12. The number of carbonyl (C=O) groups excluding carboxylic acids is 10. The number of nitrogens with two attached hydrogens (primary N) is 5. The van der Waals surface area contributed by atoms with E-state index in [2.05, 4.69) is 86.1 Å². The van der Waals surface area contributed by atoms with Gasteiger partial charge in [0.2, 0.25) is 0 Å². The van der Waals surface area contributed by atoms with Gasteiger partial charge in [0, 0.05) is 154 Å². The second-order valence-corrected chi connectivity index (χ2v) is 37.3. The minimum Gasteiger partial charge on any atom is -0.391 e. The number of hydrogen-bond acceptors (Lipinski definition) is 27. The van der Waals surface area contributed by atoms with Crippen LogP contribution >= 0.6 is 0 Å². The molecule has 1 aromatic rings. The fraction of sp³-hybridized carbons (Fsp3) is 0.732. The van der Waals surface area contributed by atoms with Crippen molar-refractivity contribution in [3.8, 4) is 0 Å². The van der Waals surface area contributed by atoms with Crippen molar-refractivity contribution < 1.29 is 58.2 Å². The zero-order valence-electron chi connectivity index (χ0n) is 82.0. The van der Waals surface area contributed by atoms with Gasteiger partial charge in [-0.25, -0.2) is 0 Å². The van der Waals surface area contributed by atoms with Crippen LogP contribution in [0.3, 0.4) is 0 Å². The molecule has 0 aromatic heterocycles. The first kappa shape index (κ1) is 123. The molecule has 12 atom stereocenters. The number of benzene rings is 1. The van der Waals surface area contributed by atoms with Gasteiger partial charge in [-0.2, -0.15) is 0 Å². The van der Waals surface area contributed by atoms with Crippen molar-refractivity contribution in [1.82, 2.24) is 53.2 Å². The van der Waals surface area contributed by atoms with E-state index in [-0.39, 0.29) is 196 Å². The molecule has 0 heterocycles. The lowest BCUT2D eigenvalue weighted by molar-refractivity contribution is -0.132. The molecule has 1 aromatic carbocycles. The quantitative estimate of drug-likeness (QED) is 0.0269. The fourth-order valence-corrected chi connectivity index (χ4v) is 14.2. The maximum Gasteiger partial charge on any atom is 0.153 e. The van der Waals surface area contributed by atoms with Crippen LogP contribution in [-0.2, 0) is 54.4 Å². The number of ketones is 10. The zero-order valence-corrected chi connectivity index (χ0v) is 82.0. The van der Waals surface area contributed by atoms with Gasteiger partial charge in [-0.1, -0.05) is 229 Å². The van der Waals surface area contributed by atoms with E-state index in [9.17, 15) is 58.2 Å². The van der Waals surface area contributed by atoms with E-state index in [0.717, 1.165) is 37.7 Å². The predicted octanol–water partition coefficient (Wildman–Crippen LogP) is 11.1. The van der Waals surface area contributed by atoms with Crippen LogP contribution in [0.15, 0.2) is 92.3 Å². The van der Waals surface area contributed by atoms with Crippen molar-refractivity contribution in [2.24, 2.45) is 99.7 Å². The maximum atomic E-state index is 13.1.